The van der Waals surface area contributed by atoms with E-state index in [0.717, 1.165) is 56.9 Å². The maximum atomic E-state index is 2.45. The third-order valence-electron chi connectivity index (χ3n) is 27.5. The van der Waals surface area contributed by atoms with Crippen LogP contribution in [0, 0.1) is 0 Å². The van der Waals surface area contributed by atoms with E-state index in [9.17, 15) is 0 Å². The molecular weight excluding hydrogens is 1700 g/mol. The number of thiophene rings is 2. The fourth-order valence-electron chi connectivity index (χ4n) is 21.1. The second kappa shape index (κ2) is 34.5. The highest BCUT2D eigenvalue weighted by Gasteiger charge is 2.37. The number of rotatable bonds is 15. The van der Waals surface area contributed by atoms with Crippen molar-refractivity contribution < 1.29 is 0 Å². The first-order chi connectivity index (χ1) is 67.7. The van der Waals surface area contributed by atoms with Crippen LogP contribution in [0.15, 0.2) is 510 Å². The Morgan fingerprint density at radius 2 is 0.489 bits per heavy atom. The summed E-state index contributed by atoms with van der Waals surface area (Å²) in [6.45, 7) is 4.74. The lowest BCUT2D eigenvalue weighted by atomic mass is 9.82. The molecule has 0 radical (unpaired) electrons. The van der Waals surface area contributed by atoms with E-state index < -0.39 is 0 Å². The summed E-state index contributed by atoms with van der Waals surface area (Å²) in [6.07, 6.45) is 0. The molecule has 0 atom stereocenters. The molecule has 26 aromatic rings. The third kappa shape index (κ3) is 14.6. The second-order valence-electron chi connectivity index (χ2n) is 35.8. The molecule has 1 aliphatic rings. The predicted molar refractivity (Wildman–Crippen MR) is 586 cm³/mol. The zero-order chi connectivity index (χ0) is 91.0. The molecule has 21 aromatic carbocycles. The van der Waals surface area contributed by atoms with Crippen molar-refractivity contribution in [1.29, 1.82) is 0 Å². The van der Waals surface area contributed by atoms with Crippen LogP contribution in [0.25, 0.3) is 167 Å². The zero-order valence-electron chi connectivity index (χ0n) is 75.5. The number of fused-ring (bicyclic) bond motifs is 19. The van der Waals surface area contributed by atoms with E-state index >= 15 is 0 Å². The second-order valence-corrected chi connectivity index (χ2v) is 38.0. The number of anilines is 9. The van der Waals surface area contributed by atoms with Crippen molar-refractivity contribution in [3.05, 3.63) is 521 Å². The minimum absolute atomic E-state index is 0.106. The van der Waals surface area contributed by atoms with Gasteiger partial charge in [0.25, 0.3) is 0 Å². The van der Waals surface area contributed by atoms with Crippen LogP contribution in [-0.4, -0.2) is 13.7 Å². The van der Waals surface area contributed by atoms with E-state index in [2.05, 4.69) is 552 Å². The molecule has 27 rings (SSSR count). The largest absolute Gasteiger partial charge is 0.311 e. The average molecular weight is 1790 g/mol. The molecule has 0 fully saturated rings. The average Bonchev–Trinajstić information content (AvgIpc) is 1.54. The Morgan fingerprint density at radius 3 is 0.978 bits per heavy atom. The molecule has 0 amide bonds. The van der Waals surface area contributed by atoms with E-state index in [-0.39, 0.29) is 5.41 Å². The Bertz CT molecular complexity index is 8950. The number of nitrogens with zero attached hydrogens (tertiary/aromatic N) is 6. The summed E-state index contributed by atoms with van der Waals surface area (Å²) in [7, 11) is 0. The molecule has 0 N–H and O–H groups in total. The Kier molecular flexibility index (Phi) is 20.6. The maximum Gasteiger partial charge on any atom is 0.0562 e. The van der Waals surface area contributed by atoms with Crippen molar-refractivity contribution in [3.63, 3.8) is 0 Å². The van der Waals surface area contributed by atoms with Gasteiger partial charge in [-0.1, -0.05) is 317 Å². The minimum Gasteiger partial charge on any atom is -0.311 e. The predicted octanol–water partition coefficient (Wildman–Crippen LogP) is 36.8. The Hall–Kier alpha value is -17.1. The smallest absolute Gasteiger partial charge is 0.0562 e. The van der Waals surface area contributed by atoms with Gasteiger partial charge in [-0.15, -0.1) is 22.7 Å². The molecule has 137 heavy (non-hydrogen) atoms. The van der Waals surface area contributed by atoms with Crippen molar-refractivity contribution in [2.75, 3.05) is 14.7 Å². The first kappa shape index (κ1) is 81.8. The Balaban J connectivity index is 0.000000110. The van der Waals surface area contributed by atoms with Crippen molar-refractivity contribution in [2.24, 2.45) is 0 Å². The number of hydrogen-bond donors (Lipinski definition) is 0. The number of benzene rings is 21. The summed E-state index contributed by atoms with van der Waals surface area (Å²) in [5.41, 5.74) is 33.6. The van der Waals surface area contributed by atoms with Crippen LogP contribution in [0.1, 0.15) is 25.0 Å². The summed E-state index contributed by atoms with van der Waals surface area (Å²) >= 11 is 3.78. The van der Waals surface area contributed by atoms with Crippen molar-refractivity contribution in [3.8, 4) is 61.6 Å². The van der Waals surface area contributed by atoms with E-state index in [1.165, 1.54) is 173 Å². The molecule has 0 aliphatic heterocycles. The monoisotopic (exact) mass is 1790 g/mol. The third-order valence-corrected chi connectivity index (χ3v) is 29.8. The van der Waals surface area contributed by atoms with Crippen molar-refractivity contribution >= 4 is 180 Å². The van der Waals surface area contributed by atoms with E-state index in [1.54, 1.807) is 0 Å². The Labute approximate surface area is 803 Å². The molecule has 1 aliphatic carbocycles. The molecule has 0 unspecified atom stereocenters. The first-order valence-corrected chi connectivity index (χ1v) is 48.6. The zero-order valence-corrected chi connectivity index (χ0v) is 77.1. The van der Waals surface area contributed by atoms with Crippen LogP contribution >= 0.6 is 22.7 Å². The normalized spacial score (nSPS) is 12.1. The lowest BCUT2D eigenvalue weighted by Gasteiger charge is -2.26. The molecule has 0 bridgehead atoms. The molecule has 0 spiro atoms. The van der Waals surface area contributed by atoms with Gasteiger partial charge in [0.2, 0.25) is 0 Å². The van der Waals surface area contributed by atoms with Crippen molar-refractivity contribution in [1.82, 2.24) is 13.7 Å². The summed E-state index contributed by atoms with van der Waals surface area (Å²) in [4.78, 5) is 7.02. The van der Waals surface area contributed by atoms with E-state index in [4.69, 9.17) is 0 Å². The van der Waals surface area contributed by atoms with E-state index in [0.29, 0.717) is 0 Å². The number of aromatic nitrogens is 3. The lowest BCUT2D eigenvalue weighted by molar-refractivity contribution is 0.661. The lowest BCUT2D eigenvalue weighted by Crippen LogP contribution is -2.15. The highest BCUT2D eigenvalue weighted by molar-refractivity contribution is 7.28. The van der Waals surface area contributed by atoms with Gasteiger partial charge in [0.1, 0.15) is 0 Å². The fraction of sp³-hybridized carbons (Fsp3) is 0.0233. The summed E-state index contributed by atoms with van der Waals surface area (Å²) in [6, 6.07) is 184. The molecule has 0 saturated carbocycles. The summed E-state index contributed by atoms with van der Waals surface area (Å²) < 4.78 is 12.6. The summed E-state index contributed by atoms with van der Waals surface area (Å²) in [5, 5.41) is 13.0. The topological polar surface area (TPSA) is 24.5 Å². The van der Waals surface area contributed by atoms with Crippen LogP contribution in [0.5, 0.6) is 0 Å². The molecule has 0 saturated heterocycles. The van der Waals surface area contributed by atoms with Gasteiger partial charge in [-0.05, 0) is 262 Å². The van der Waals surface area contributed by atoms with Crippen molar-refractivity contribution in [2.45, 2.75) is 19.3 Å². The van der Waals surface area contributed by atoms with Gasteiger partial charge in [0.05, 0.1) is 33.1 Å². The van der Waals surface area contributed by atoms with Crippen LogP contribution in [0.3, 0.4) is 0 Å². The molecule has 5 aromatic heterocycles. The van der Waals surface area contributed by atoms with Crippen LogP contribution in [0.2, 0.25) is 0 Å². The molecule has 6 nitrogen and oxygen atoms in total. The molecule has 648 valence electrons. The SMILES string of the molecule is CC1(C)c2ccc(-c3ccc(N(c4ccccc4)c4ccccc4)cc3)cc2-c2cc3c4ccccc4n(-c4ccccc4)c3cc21.c1ccc(-c2ccc(N(c3ccccc3)c3ccc4c(c3)sc3cc5sc6ccccc6c5cc34)cc2)cc1.c1ccc(-c2ccc(N(c3ccccc3)c3ccc4c5c6c7ccccc7n(-c7ccccc7)c6ccc5n(-c5ccccc5)c4c3)cc2)cc1. The van der Waals surface area contributed by atoms with Gasteiger partial charge in [0, 0.05) is 146 Å². The van der Waals surface area contributed by atoms with Gasteiger partial charge in [-0.2, -0.15) is 0 Å². The Morgan fingerprint density at radius 1 is 0.175 bits per heavy atom. The van der Waals surface area contributed by atoms with Crippen LogP contribution < -0.4 is 14.7 Å². The molecule has 5 heterocycles. The van der Waals surface area contributed by atoms with Gasteiger partial charge < -0.3 is 28.4 Å². The van der Waals surface area contributed by atoms with E-state index in [1.807, 2.05) is 22.7 Å². The standard InChI is InChI=1S/C48H33N3.C45H34N2.C36H23NS2/c1-5-15-34(16-6-1)35-25-27-39(28-26-35)49(36-17-7-2-8-18-36)40-29-30-42-46(33-40)51(38-21-11-4-12-22-38)45-32-31-44-47(48(42)45)41-23-13-14-24-43(41)50(44)37-19-9-3-10-20-37;1-45(2)41-27-24-32(31-22-25-36(26-23-31)46(33-14-6-3-7-15-33)34-16-8-4-9-17-34)28-38(41)39-29-40-37-20-12-13-21-43(37)47(44(40)30-42(39)45)35-18-10-5-11-19-35;1-3-9-24(10-4-1)25-15-17-27(18-16-25)37(26-11-5-2-6-12-26)28-19-20-30-32-22-31-29-13-7-8-14-33(29)38-35(31)23-36(32)39-34(30)21-28/h1-33H;3-30H,1-2H3;1-23H. The highest BCUT2D eigenvalue weighted by Crippen LogP contribution is 2.54. The van der Waals surface area contributed by atoms with Gasteiger partial charge in [-0.3, -0.25) is 0 Å². The van der Waals surface area contributed by atoms with Gasteiger partial charge >= 0.3 is 0 Å². The number of para-hydroxylation sites is 9. The molecule has 8 heteroatoms. The highest BCUT2D eigenvalue weighted by atomic mass is 32.1. The van der Waals surface area contributed by atoms with Crippen LogP contribution in [-0.2, 0) is 5.41 Å². The number of hydrogen-bond acceptors (Lipinski definition) is 5. The maximum absolute atomic E-state index is 2.45. The summed E-state index contributed by atoms with van der Waals surface area (Å²) in [5.74, 6) is 0. The van der Waals surface area contributed by atoms with Crippen LogP contribution in [0.4, 0.5) is 51.2 Å². The quantitative estimate of drug-likeness (QED) is 0.102. The van der Waals surface area contributed by atoms with Gasteiger partial charge in [-0.25, -0.2) is 0 Å². The first-order valence-electron chi connectivity index (χ1n) is 46.9. The molecular formula is C129H90N6S2. The van der Waals surface area contributed by atoms with Gasteiger partial charge in [0.15, 0.2) is 0 Å². The minimum atomic E-state index is -0.106. The fourth-order valence-corrected chi connectivity index (χ4v) is 23.5.